The molecular formula is C8H11ClN+. The first kappa shape index (κ1) is 9.18. The van der Waals surface area contributed by atoms with Gasteiger partial charge >= 0.3 is 1.43 Å². The topological polar surface area (TPSA) is 12.9 Å². The monoisotopic (exact) mass is 156 g/mol. The zero-order valence-electron chi connectivity index (χ0n) is 6.70. The highest BCUT2D eigenvalue weighted by Gasteiger charge is 1.58. The predicted octanol–water partition coefficient (Wildman–Crippen LogP) is 2.61. The molecule has 0 fully saturated rings. The van der Waals surface area contributed by atoms with E-state index in [1.54, 1.807) is 18.5 Å². The van der Waals surface area contributed by atoms with Crippen molar-refractivity contribution in [2.75, 3.05) is 5.88 Å². The Balaban J connectivity index is 0. The van der Waals surface area contributed by atoms with E-state index in [1.807, 2.05) is 18.2 Å². The quantitative estimate of drug-likeness (QED) is 0.450. The van der Waals surface area contributed by atoms with Crippen LogP contribution in [0.2, 0.25) is 0 Å². The van der Waals surface area contributed by atoms with Crippen molar-refractivity contribution in [3.8, 4) is 0 Å². The lowest BCUT2D eigenvalue weighted by Crippen LogP contribution is -1.58. The standard InChI is InChI=1S/C5H5N.C3H5Cl/c1-2-4-6-5-3-1;1-2-3-4/h1-5H;2H,1,3H2/p+1. The van der Waals surface area contributed by atoms with Crippen LogP contribution in [0.5, 0.6) is 0 Å². The lowest BCUT2D eigenvalue weighted by atomic mass is 10.5. The fourth-order valence-corrected chi connectivity index (χ4v) is 0.313. The van der Waals surface area contributed by atoms with Crippen LogP contribution in [-0.4, -0.2) is 10.9 Å². The molecule has 0 bridgehead atoms. The number of hydrogen-bond acceptors (Lipinski definition) is 1. The maximum atomic E-state index is 5.07. The Labute approximate surface area is 67.9 Å². The van der Waals surface area contributed by atoms with E-state index in [0.29, 0.717) is 5.88 Å². The Hall–Kier alpha value is -0.820. The average molecular weight is 157 g/mol. The zero-order chi connectivity index (χ0) is 7.66. The number of nitrogens with zero attached hydrogens (tertiary/aromatic N) is 1. The van der Waals surface area contributed by atoms with E-state index in [2.05, 4.69) is 11.6 Å². The molecule has 1 heterocycles. The highest BCUT2D eigenvalue weighted by atomic mass is 35.5. The highest BCUT2D eigenvalue weighted by molar-refractivity contribution is 6.18. The average Bonchev–Trinajstić information content (AvgIpc) is 2.08. The molecular weight excluding hydrogens is 146 g/mol. The molecule has 0 unspecified atom stereocenters. The molecule has 54 valence electrons. The molecule has 2 heteroatoms. The summed E-state index contributed by atoms with van der Waals surface area (Å²) in [5.74, 6) is 0.556. The van der Waals surface area contributed by atoms with E-state index in [1.165, 1.54) is 0 Å². The fraction of sp³-hybridized carbons (Fsp3) is 0.125. The second-order valence-electron chi connectivity index (χ2n) is 1.47. The molecule has 0 saturated carbocycles. The lowest BCUT2D eigenvalue weighted by molar-refractivity contribution is 1.33. The van der Waals surface area contributed by atoms with Gasteiger partial charge in [0.1, 0.15) is 0 Å². The van der Waals surface area contributed by atoms with Gasteiger partial charge in [0.15, 0.2) is 0 Å². The second-order valence-corrected chi connectivity index (χ2v) is 1.78. The van der Waals surface area contributed by atoms with Gasteiger partial charge in [-0.3, -0.25) is 4.98 Å². The van der Waals surface area contributed by atoms with Gasteiger partial charge in [-0.15, -0.1) is 18.2 Å². The SMILES string of the molecule is C=CCCl.[H+].c1ccncc1. The largest absolute Gasteiger partial charge is 1.00 e. The Kier molecular flexibility index (Phi) is 7.51. The fourth-order valence-electron chi connectivity index (χ4n) is 0.313. The summed E-state index contributed by atoms with van der Waals surface area (Å²) in [6.07, 6.45) is 5.14. The van der Waals surface area contributed by atoms with Crippen molar-refractivity contribution >= 4 is 11.6 Å². The molecule has 10 heavy (non-hydrogen) atoms. The minimum absolute atomic E-state index is 0. The molecule has 0 aromatic carbocycles. The number of pyridine rings is 1. The van der Waals surface area contributed by atoms with Crippen molar-refractivity contribution in [2.24, 2.45) is 0 Å². The van der Waals surface area contributed by atoms with Gasteiger partial charge in [0.25, 0.3) is 0 Å². The van der Waals surface area contributed by atoms with Crippen molar-refractivity contribution in [1.29, 1.82) is 0 Å². The van der Waals surface area contributed by atoms with Crippen LogP contribution in [0, 0.1) is 0 Å². The molecule has 0 aliphatic heterocycles. The van der Waals surface area contributed by atoms with Crippen molar-refractivity contribution in [3.63, 3.8) is 0 Å². The number of allylic oxidation sites excluding steroid dienone is 1. The third-order valence-electron chi connectivity index (χ3n) is 0.676. The minimum atomic E-state index is 0. The molecule has 1 rings (SSSR count). The summed E-state index contributed by atoms with van der Waals surface area (Å²) < 4.78 is 0. The molecule has 0 amide bonds. The van der Waals surface area contributed by atoms with Gasteiger partial charge in [-0.25, -0.2) is 0 Å². The van der Waals surface area contributed by atoms with Crippen molar-refractivity contribution in [3.05, 3.63) is 43.2 Å². The molecule has 0 spiro atoms. The number of aromatic nitrogens is 1. The molecule has 0 radical (unpaired) electrons. The minimum Gasteiger partial charge on any atom is -0.265 e. The first-order valence-electron chi connectivity index (χ1n) is 2.93. The summed E-state index contributed by atoms with van der Waals surface area (Å²) in [5, 5.41) is 0. The molecule has 1 aromatic heterocycles. The zero-order valence-corrected chi connectivity index (χ0v) is 6.46. The first-order valence-corrected chi connectivity index (χ1v) is 3.47. The van der Waals surface area contributed by atoms with Crippen LogP contribution in [0.25, 0.3) is 0 Å². The van der Waals surface area contributed by atoms with E-state index in [0.717, 1.165) is 0 Å². The number of alkyl halides is 1. The van der Waals surface area contributed by atoms with Crippen LogP contribution < -0.4 is 0 Å². The molecule has 0 N–H and O–H groups in total. The third-order valence-corrected chi connectivity index (χ3v) is 0.894. The molecule has 0 atom stereocenters. The summed E-state index contributed by atoms with van der Waals surface area (Å²) in [4.78, 5) is 3.78. The van der Waals surface area contributed by atoms with E-state index >= 15 is 0 Å². The van der Waals surface area contributed by atoms with Crippen molar-refractivity contribution in [1.82, 2.24) is 4.98 Å². The summed E-state index contributed by atoms with van der Waals surface area (Å²) in [5.41, 5.74) is 0. The highest BCUT2D eigenvalue weighted by Crippen LogP contribution is 1.73. The predicted molar refractivity (Wildman–Crippen MR) is 46.3 cm³/mol. The Morgan fingerprint density at radius 2 is 1.90 bits per heavy atom. The van der Waals surface area contributed by atoms with Crippen LogP contribution >= 0.6 is 11.6 Å². The van der Waals surface area contributed by atoms with Crippen LogP contribution in [0.4, 0.5) is 0 Å². The van der Waals surface area contributed by atoms with Gasteiger partial charge in [0.2, 0.25) is 0 Å². The first-order chi connectivity index (χ1) is 4.91. The van der Waals surface area contributed by atoms with Crippen molar-refractivity contribution < 1.29 is 1.43 Å². The summed E-state index contributed by atoms with van der Waals surface area (Å²) in [6.45, 7) is 3.35. The van der Waals surface area contributed by atoms with Crippen LogP contribution in [0.15, 0.2) is 43.2 Å². The normalized spacial score (nSPS) is 7.30. The van der Waals surface area contributed by atoms with E-state index in [-0.39, 0.29) is 1.43 Å². The Morgan fingerprint density at radius 1 is 1.40 bits per heavy atom. The Bertz CT molecular complexity index is 129. The Morgan fingerprint density at radius 3 is 2.00 bits per heavy atom. The van der Waals surface area contributed by atoms with E-state index in [4.69, 9.17) is 11.6 Å². The van der Waals surface area contributed by atoms with Gasteiger partial charge in [0.05, 0.1) is 0 Å². The van der Waals surface area contributed by atoms with Gasteiger partial charge < -0.3 is 0 Å². The summed E-state index contributed by atoms with van der Waals surface area (Å²) in [6, 6.07) is 5.72. The van der Waals surface area contributed by atoms with E-state index in [9.17, 15) is 0 Å². The molecule has 1 nitrogen and oxygen atoms in total. The number of hydrogen-bond donors (Lipinski definition) is 0. The molecule has 0 aliphatic carbocycles. The smallest absolute Gasteiger partial charge is 0.265 e. The second kappa shape index (κ2) is 8.18. The van der Waals surface area contributed by atoms with Gasteiger partial charge in [-0.05, 0) is 12.1 Å². The number of halogens is 1. The maximum absolute atomic E-state index is 5.07. The van der Waals surface area contributed by atoms with Gasteiger partial charge in [-0.2, -0.15) is 0 Å². The lowest BCUT2D eigenvalue weighted by Gasteiger charge is -1.70. The maximum Gasteiger partial charge on any atom is 1.00 e. The van der Waals surface area contributed by atoms with Crippen LogP contribution in [0.1, 0.15) is 1.43 Å². The summed E-state index contributed by atoms with van der Waals surface area (Å²) in [7, 11) is 0. The van der Waals surface area contributed by atoms with Crippen LogP contribution in [-0.2, 0) is 0 Å². The third kappa shape index (κ3) is 7.18. The van der Waals surface area contributed by atoms with Gasteiger partial charge in [-0.1, -0.05) is 12.1 Å². The van der Waals surface area contributed by atoms with Crippen LogP contribution in [0.3, 0.4) is 0 Å². The van der Waals surface area contributed by atoms with E-state index < -0.39 is 0 Å². The van der Waals surface area contributed by atoms with Crippen molar-refractivity contribution in [2.45, 2.75) is 0 Å². The summed E-state index contributed by atoms with van der Waals surface area (Å²) >= 11 is 5.07. The number of rotatable bonds is 1. The van der Waals surface area contributed by atoms with Gasteiger partial charge in [0, 0.05) is 18.3 Å². The molecule has 0 saturated heterocycles. The molecule has 1 aromatic rings. The molecule has 0 aliphatic rings.